The van der Waals surface area contributed by atoms with Crippen molar-refractivity contribution >= 4 is 45.4 Å². The Hall–Kier alpha value is -1.11. The minimum absolute atomic E-state index is 0.0580. The second-order valence-corrected chi connectivity index (χ2v) is 6.53. The maximum atomic E-state index is 11.0. The van der Waals surface area contributed by atoms with Crippen molar-refractivity contribution in [3.63, 3.8) is 0 Å². The number of aromatic nitrogens is 1. The molecule has 0 saturated carbocycles. The molecule has 0 saturated heterocycles. The number of carboxylic acid groups (broad SMARTS) is 1. The van der Waals surface area contributed by atoms with Crippen LogP contribution in [-0.2, 0) is 6.42 Å². The van der Waals surface area contributed by atoms with Gasteiger partial charge in [-0.05, 0) is 18.4 Å². The number of carbonyl (C=O) groups is 1. The van der Waals surface area contributed by atoms with Crippen molar-refractivity contribution in [2.75, 3.05) is 11.9 Å². The van der Waals surface area contributed by atoms with E-state index in [9.17, 15) is 4.79 Å². The van der Waals surface area contributed by atoms with Crippen molar-refractivity contribution in [3.8, 4) is 0 Å². The molecular formula is C12H13ClN2O2S2. The van der Waals surface area contributed by atoms with Gasteiger partial charge in [-0.15, -0.1) is 11.3 Å². The highest BCUT2D eigenvalue weighted by atomic mass is 35.5. The van der Waals surface area contributed by atoms with E-state index in [1.165, 1.54) is 4.88 Å². The van der Waals surface area contributed by atoms with Crippen LogP contribution < -0.4 is 4.90 Å². The van der Waals surface area contributed by atoms with Crippen molar-refractivity contribution < 1.29 is 9.90 Å². The van der Waals surface area contributed by atoms with Crippen LogP contribution in [0.5, 0.6) is 0 Å². The van der Waals surface area contributed by atoms with Gasteiger partial charge in [0.1, 0.15) is 0 Å². The largest absolute Gasteiger partial charge is 0.477 e. The minimum Gasteiger partial charge on any atom is -0.477 e. The van der Waals surface area contributed by atoms with Gasteiger partial charge in [-0.2, -0.15) is 0 Å². The Kier molecular flexibility index (Phi) is 4.44. The van der Waals surface area contributed by atoms with Crippen molar-refractivity contribution in [2.45, 2.75) is 19.4 Å². The molecule has 2 heterocycles. The number of rotatable bonds is 5. The highest BCUT2D eigenvalue weighted by Crippen LogP contribution is 2.30. The summed E-state index contributed by atoms with van der Waals surface area (Å²) in [6.45, 7) is 2.08. The first-order valence-electron chi connectivity index (χ1n) is 5.64. The maximum absolute atomic E-state index is 11.0. The number of nitrogens with zero attached hydrogens (tertiary/aromatic N) is 2. The monoisotopic (exact) mass is 316 g/mol. The molecule has 0 amide bonds. The molecule has 0 fully saturated rings. The zero-order chi connectivity index (χ0) is 14.0. The van der Waals surface area contributed by atoms with E-state index in [0.29, 0.717) is 5.13 Å². The van der Waals surface area contributed by atoms with E-state index < -0.39 is 5.97 Å². The second-order valence-electron chi connectivity index (χ2n) is 4.16. The standard InChI is InChI=1S/C12H13ClN2O2S2/c1-7(6-8-4-3-5-18-8)15(2)12-14-10(13)9(19-12)11(16)17/h3-5,7H,6H2,1-2H3,(H,16,17). The van der Waals surface area contributed by atoms with E-state index in [0.717, 1.165) is 17.8 Å². The number of halogens is 1. The molecule has 2 aromatic rings. The zero-order valence-corrected chi connectivity index (χ0v) is 12.8. The summed E-state index contributed by atoms with van der Waals surface area (Å²) in [6.07, 6.45) is 0.897. The fraction of sp³-hybridized carbons (Fsp3) is 0.333. The van der Waals surface area contributed by atoms with Crippen LogP contribution in [0.15, 0.2) is 17.5 Å². The number of anilines is 1. The molecule has 0 aromatic carbocycles. The lowest BCUT2D eigenvalue weighted by molar-refractivity contribution is 0.0702. The molecule has 1 unspecified atom stereocenters. The first-order valence-corrected chi connectivity index (χ1v) is 7.71. The van der Waals surface area contributed by atoms with Crippen LogP contribution >= 0.6 is 34.3 Å². The minimum atomic E-state index is -1.03. The molecule has 2 aromatic heterocycles. The van der Waals surface area contributed by atoms with Crippen molar-refractivity contribution in [1.82, 2.24) is 4.98 Å². The third kappa shape index (κ3) is 3.26. The lowest BCUT2D eigenvalue weighted by atomic mass is 10.2. The third-order valence-electron chi connectivity index (χ3n) is 2.81. The van der Waals surface area contributed by atoms with Gasteiger partial charge in [0.15, 0.2) is 15.2 Å². The summed E-state index contributed by atoms with van der Waals surface area (Å²) < 4.78 is 0. The summed E-state index contributed by atoms with van der Waals surface area (Å²) >= 11 is 8.64. The predicted molar refractivity (Wildman–Crippen MR) is 80.0 cm³/mol. The van der Waals surface area contributed by atoms with Gasteiger partial charge in [-0.25, -0.2) is 9.78 Å². The van der Waals surface area contributed by atoms with E-state index in [2.05, 4.69) is 18.0 Å². The van der Waals surface area contributed by atoms with E-state index >= 15 is 0 Å². The topological polar surface area (TPSA) is 53.4 Å². The zero-order valence-electron chi connectivity index (χ0n) is 10.5. The molecule has 0 radical (unpaired) electrons. The van der Waals surface area contributed by atoms with Crippen molar-refractivity contribution in [2.24, 2.45) is 0 Å². The van der Waals surface area contributed by atoms with E-state index in [4.69, 9.17) is 16.7 Å². The summed E-state index contributed by atoms with van der Waals surface area (Å²) in [7, 11) is 1.90. The second kappa shape index (κ2) is 5.90. The number of hydrogen-bond donors (Lipinski definition) is 1. The molecule has 7 heteroatoms. The first-order chi connectivity index (χ1) is 8.99. The van der Waals surface area contributed by atoms with Gasteiger partial charge >= 0.3 is 5.97 Å². The Morgan fingerprint density at radius 2 is 2.37 bits per heavy atom. The van der Waals surface area contributed by atoms with Crippen LogP contribution in [0.4, 0.5) is 5.13 Å². The van der Waals surface area contributed by atoms with Crippen LogP contribution in [0.25, 0.3) is 0 Å². The van der Waals surface area contributed by atoms with Crippen LogP contribution in [0.1, 0.15) is 21.5 Å². The van der Waals surface area contributed by atoms with Gasteiger partial charge in [-0.1, -0.05) is 29.0 Å². The molecule has 0 aliphatic rings. The molecule has 1 N–H and O–H groups in total. The number of likely N-dealkylation sites (N-methyl/N-ethyl adjacent to an activating group) is 1. The van der Waals surface area contributed by atoms with Gasteiger partial charge in [0.05, 0.1) is 0 Å². The number of hydrogen-bond acceptors (Lipinski definition) is 5. The lowest BCUT2D eigenvalue weighted by Gasteiger charge is -2.23. The average Bonchev–Trinajstić information content (AvgIpc) is 2.97. The van der Waals surface area contributed by atoms with Crippen LogP contribution in [-0.4, -0.2) is 29.1 Å². The molecule has 1 atom stereocenters. The summed E-state index contributed by atoms with van der Waals surface area (Å²) in [5.74, 6) is -1.03. The predicted octanol–water partition coefficient (Wildman–Crippen LogP) is 3.62. The molecular weight excluding hydrogens is 304 g/mol. The number of thiazole rings is 1. The summed E-state index contributed by atoms with van der Waals surface area (Å²) in [6, 6.07) is 4.34. The Labute approximate surface area is 124 Å². The number of carboxylic acids is 1. The van der Waals surface area contributed by atoms with E-state index in [1.54, 1.807) is 11.3 Å². The molecule has 0 aliphatic carbocycles. The average molecular weight is 317 g/mol. The fourth-order valence-corrected chi connectivity index (χ4v) is 3.63. The van der Waals surface area contributed by atoms with E-state index in [-0.39, 0.29) is 16.1 Å². The normalized spacial score (nSPS) is 12.4. The highest BCUT2D eigenvalue weighted by molar-refractivity contribution is 7.18. The maximum Gasteiger partial charge on any atom is 0.349 e. The van der Waals surface area contributed by atoms with Crippen LogP contribution in [0, 0.1) is 0 Å². The Morgan fingerprint density at radius 3 is 2.89 bits per heavy atom. The smallest absolute Gasteiger partial charge is 0.349 e. The Bertz CT molecular complexity index is 568. The molecule has 0 aliphatic heterocycles. The number of aromatic carboxylic acids is 1. The first kappa shape index (κ1) is 14.3. The Balaban J connectivity index is 2.12. The third-order valence-corrected chi connectivity index (χ3v) is 5.23. The van der Waals surface area contributed by atoms with Crippen molar-refractivity contribution in [1.29, 1.82) is 0 Å². The fourth-order valence-electron chi connectivity index (χ4n) is 1.62. The van der Waals surface area contributed by atoms with E-state index in [1.807, 2.05) is 23.4 Å². The summed E-state index contributed by atoms with van der Waals surface area (Å²) in [5.41, 5.74) is 0. The molecule has 2 rings (SSSR count). The molecule has 0 bridgehead atoms. The van der Waals surface area contributed by atoms with Gasteiger partial charge < -0.3 is 10.0 Å². The summed E-state index contributed by atoms with van der Waals surface area (Å²) in [4.78, 5) is 18.4. The summed E-state index contributed by atoms with van der Waals surface area (Å²) in [5, 5.41) is 11.7. The van der Waals surface area contributed by atoms with Crippen LogP contribution in [0.3, 0.4) is 0 Å². The molecule has 19 heavy (non-hydrogen) atoms. The Morgan fingerprint density at radius 1 is 1.63 bits per heavy atom. The van der Waals surface area contributed by atoms with Gasteiger partial charge in [0.2, 0.25) is 0 Å². The quantitative estimate of drug-likeness (QED) is 0.915. The van der Waals surface area contributed by atoms with Gasteiger partial charge in [0.25, 0.3) is 0 Å². The SMILES string of the molecule is CC(Cc1cccs1)N(C)c1nc(Cl)c(C(=O)O)s1. The van der Waals surface area contributed by atoms with Gasteiger partial charge in [-0.3, -0.25) is 0 Å². The molecule has 4 nitrogen and oxygen atoms in total. The van der Waals surface area contributed by atoms with Crippen LogP contribution in [0.2, 0.25) is 5.15 Å². The molecule has 102 valence electrons. The molecule has 0 spiro atoms. The highest BCUT2D eigenvalue weighted by Gasteiger charge is 2.20. The lowest BCUT2D eigenvalue weighted by Crippen LogP contribution is -2.30. The number of thiophene rings is 1. The van der Waals surface area contributed by atoms with Gasteiger partial charge in [0, 0.05) is 24.4 Å². The van der Waals surface area contributed by atoms with Crippen molar-refractivity contribution in [3.05, 3.63) is 32.4 Å².